The Morgan fingerprint density at radius 1 is 1.21 bits per heavy atom. The number of aryl methyl sites for hydroxylation is 1. The molecule has 4 heteroatoms. The highest BCUT2D eigenvalue weighted by Crippen LogP contribution is 2.33. The Bertz CT molecular complexity index is 663. The minimum Gasteiger partial charge on any atom is -0.508 e. The summed E-state index contributed by atoms with van der Waals surface area (Å²) in [5.41, 5.74) is 3.65. The maximum absolute atomic E-state index is 9.67. The van der Waals surface area contributed by atoms with Crippen molar-refractivity contribution in [1.29, 1.82) is 0 Å². The van der Waals surface area contributed by atoms with Gasteiger partial charge in [0.1, 0.15) is 5.75 Å². The van der Waals surface area contributed by atoms with Crippen molar-refractivity contribution in [3.8, 4) is 5.75 Å². The van der Waals surface area contributed by atoms with Crippen LogP contribution in [0.25, 0.3) is 0 Å². The maximum Gasteiger partial charge on any atom is 0.115 e. The largest absolute Gasteiger partial charge is 0.508 e. The van der Waals surface area contributed by atoms with Crippen molar-refractivity contribution in [3.05, 3.63) is 59.4 Å². The van der Waals surface area contributed by atoms with Crippen molar-refractivity contribution < 1.29 is 5.11 Å². The van der Waals surface area contributed by atoms with E-state index in [0.717, 1.165) is 44.6 Å². The number of nitrogens with one attached hydrogen (secondary N) is 1. The van der Waals surface area contributed by atoms with E-state index in [2.05, 4.69) is 42.4 Å². The fraction of sp³-hybridized carbons (Fsp3) is 0.450. The van der Waals surface area contributed by atoms with Gasteiger partial charge in [-0.15, -0.1) is 0 Å². The fourth-order valence-electron chi connectivity index (χ4n) is 3.72. The first-order valence-electron chi connectivity index (χ1n) is 8.68. The molecule has 24 heavy (non-hydrogen) atoms. The van der Waals surface area contributed by atoms with E-state index in [0.29, 0.717) is 5.75 Å². The normalized spacial score (nSPS) is 17.1. The molecule has 128 valence electrons. The number of rotatable bonds is 5. The predicted molar refractivity (Wildman–Crippen MR) is 97.2 cm³/mol. The van der Waals surface area contributed by atoms with Crippen LogP contribution in [0.1, 0.15) is 29.7 Å². The number of phenolic OH excluding ortho intramolecular Hbond substituents is 1. The molecule has 0 amide bonds. The molecule has 0 unspecified atom stereocenters. The smallest absolute Gasteiger partial charge is 0.115 e. The molecule has 0 saturated carbocycles. The second-order valence-corrected chi connectivity index (χ2v) is 7.09. The summed E-state index contributed by atoms with van der Waals surface area (Å²) >= 11 is 0. The molecular formula is C20H27N3O. The molecule has 0 atom stereocenters. The molecular weight excluding hydrogens is 298 g/mol. The topological polar surface area (TPSA) is 48.4 Å². The standard InChI is InChI=1S/C20H27N3O/c1-16-6-7-19(22-13-16)20(8-10-21-11-9-20)15-23(2)14-17-4-3-5-18(24)12-17/h3-7,12-13,21,24H,8-11,14-15H2,1-2H3. The summed E-state index contributed by atoms with van der Waals surface area (Å²) in [7, 11) is 2.15. The van der Waals surface area contributed by atoms with Gasteiger partial charge >= 0.3 is 0 Å². The van der Waals surface area contributed by atoms with E-state index in [1.165, 1.54) is 11.3 Å². The maximum atomic E-state index is 9.67. The first-order valence-corrected chi connectivity index (χ1v) is 8.68. The molecule has 1 fully saturated rings. The molecule has 2 heterocycles. The van der Waals surface area contributed by atoms with E-state index in [1.54, 1.807) is 6.07 Å². The van der Waals surface area contributed by atoms with Crippen LogP contribution in [0.15, 0.2) is 42.6 Å². The van der Waals surface area contributed by atoms with Crippen molar-refractivity contribution in [3.63, 3.8) is 0 Å². The number of aromatic nitrogens is 1. The highest BCUT2D eigenvalue weighted by atomic mass is 16.3. The lowest BCUT2D eigenvalue weighted by atomic mass is 9.75. The van der Waals surface area contributed by atoms with Gasteiger partial charge in [-0.2, -0.15) is 0 Å². The van der Waals surface area contributed by atoms with Crippen molar-refractivity contribution in [2.24, 2.45) is 0 Å². The molecule has 0 bridgehead atoms. The molecule has 0 spiro atoms. The molecule has 1 aromatic carbocycles. The lowest BCUT2D eigenvalue weighted by Crippen LogP contribution is -2.47. The van der Waals surface area contributed by atoms with Crippen molar-refractivity contribution in [2.45, 2.75) is 31.7 Å². The zero-order valence-electron chi connectivity index (χ0n) is 14.6. The van der Waals surface area contributed by atoms with Crippen molar-refractivity contribution in [1.82, 2.24) is 15.2 Å². The number of aromatic hydroxyl groups is 1. The van der Waals surface area contributed by atoms with Gasteiger partial charge in [-0.3, -0.25) is 4.98 Å². The van der Waals surface area contributed by atoms with E-state index in [9.17, 15) is 5.11 Å². The molecule has 4 nitrogen and oxygen atoms in total. The van der Waals surface area contributed by atoms with Crippen LogP contribution < -0.4 is 5.32 Å². The summed E-state index contributed by atoms with van der Waals surface area (Å²) < 4.78 is 0. The summed E-state index contributed by atoms with van der Waals surface area (Å²) in [6.07, 6.45) is 4.19. The molecule has 1 saturated heterocycles. The number of nitrogens with zero attached hydrogens (tertiary/aromatic N) is 2. The number of hydrogen-bond donors (Lipinski definition) is 2. The summed E-state index contributed by atoms with van der Waals surface area (Å²) in [6, 6.07) is 11.9. The molecule has 1 aromatic heterocycles. The number of benzene rings is 1. The van der Waals surface area contributed by atoms with Crippen LogP contribution in [0.2, 0.25) is 0 Å². The van der Waals surface area contributed by atoms with E-state index >= 15 is 0 Å². The minimum atomic E-state index is 0.102. The SMILES string of the molecule is Cc1ccc(C2(CN(C)Cc3cccc(O)c3)CCNCC2)nc1. The fourth-order valence-corrected chi connectivity index (χ4v) is 3.72. The Balaban J connectivity index is 1.77. The Morgan fingerprint density at radius 3 is 2.67 bits per heavy atom. The number of likely N-dealkylation sites (N-methyl/N-ethyl adjacent to an activating group) is 1. The van der Waals surface area contributed by atoms with Crippen LogP contribution in [-0.2, 0) is 12.0 Å². The van der Waals surface area contributed by atoms with Gasteiger partial charge in [-0.1, -0.05) is 18.2 Å². The molecule has 1 aliphatic rings. The van der Waals surface area contributed by atoms with Crippen LogP contribution in [0, 0.1) is 6.92 Å². The molecule has 0 radical (unpaired) electrons. The lowest BCUT2D eigenvalue weighted by Gasteiger charge is -2.40. The van der Waals surface area contributed by atoms with Crippen molar-refractivity contribution in [2.75, 3.05) is 26.7 Å². The zero-order valence-corrected chi connectivity index (χ0v) is 14.6. The minimum absolute atomic E-state index is 0.102. The van der Waals surface area contributed by atoms with Crippen LogP contribution in [0.3, 0.4) is 0 Å². The zero-order chi connectivity index (χ0) is 17.0. The van der Waals surface area contributed by atoms with E-state index in [1.807, 2.05) is 18.3 Å². The predicted octanol–water partition coefficient (Wildman–Crippen LogP) is 2.85. The third-order valence-electron chi connectivity index (χ3n) is 4.95. The number of hydrogen-bond acceptors (Lipinski definition) is 4. The number of pyridine rings is 1. The van der Waals surface area contributed by atoms with E-state index in [4.69, 9.17) is 4.98 Å². The van der Waals surface area contributed by atoms with Gasteiger partial charge in [-0.25, -0.2) is 0 Å². The van der Waals surface area contributed by atoms with Gasteiger partial charge in [0.2, 0.25) is 0 Å². The van der Waals surface area contributed by atoms with Gasteiger partial charge in [-0.05, 0) is 69.2 Å². The van der Waals surface area contributed by atoms with Gasteiger partial charge in [0.15, 0.2) is 0 Å². The Hall–Kier alpha value is -1.91. The second-order valence-electron chi connectivity index (χ2n) is 7.09. The average Bonchev–Trinajstić information content (AvgIpc) is 2.56. The Labute approximate surface area is 144 Å². The number of phenols is 1. The highest BCUT2D eigenvalue weighted by molar-refractivity contribution is 5.27. The van der Waals surface area contributed by atoms with Gasteiger partial charge in [0.25, 0.3) is 0 Å². The summed E-state index contributed by atoms with van der Waals surface area (Å²) in [6.45, 7) is 5.96. The average molecular weight is 325 g/mol. The van der Waals surface area contributed by atoms with Gasteiger partial charge in [0.05, 0.1) is 0 Å². The lowest BCUT2D eigenvalue weighted by molar-refractivity contribution is 0.191. The van der Waals surface area contributed by atoms with E-state index < -0.39 is 0 Å². The van der Waals surface area contributed by atoms with Crippen LogP contribution in [0.5, 0.6) is 5.75 Å². The summed E-state index contributed by atoms with van der Waals surface area (Å²) in [4.78, 5) is 7.10. The first kappa shape index (κ1) is 16.9. The third kappa shape index (κ3) is 3.94. The van der Waals surface area contributed by atoms with Gasteiger partial charge in [0, 0.05) is 30.4 Å². The first-order chi connectivity index (χ1) is 11.6. The van der Waals surface area contributed by atoms with Crippen LogP contribution in [-0.4, -0.2) is 41.7 Å². The summed E-state index contributed by atoms with van der Waals surface area (Å²) in [5, 5.41) is 13.1. The monoisotopic (exact) mass is 325 g/mol. The Kier molecular flexibility index (Phi) is 5.17. The molecule has 3 rings (SSSR count). The Morgan fingerprint density at radius 2 is 2.00 bits per heavy atom. The highest BCUT2D eigenvalue weighted by Gasteiger charge is 2.36. The molecule has 2 aromatic rings. The second kappa shape index (κ2) is 7.32. The van der Waals surface area contributed by atoms with Gasteiger partial charge < -0.3 is 15.3 Å². The van der Waals surface area contributed by atoms with Crippen molar-refractivity contribution >= 4 is 0 Å². The van der Waals surface area contributed by atoms with E-state index in [-0.39, 0.29) is 5.41 Å². The van der Waals surface area contributed by atoms with Crippen LogP contribution in [0.4, 0.5) is 0 Å². The molecule has 1 aliphatic heterocycles. The molecule has 2 N–H and O–H groups in total. The summed E-state index contributed by atoms with van der Waals surface area (Å²) in [5.74, 6) is 0.331. The quantitative estimate of drug-likeness (QED) is 0.887. The molecule has 0 aliphatic carbocycles. The van der Waals surface area contributed by atoms with Crippen LogP contribution >= 0.6 is 0 Å². The number of piperidine rings is 1. The third-order valence-corrected chi connectivity index (χ3v) is 4.95.